The number of aliphatic hydroxyl groups is 1. The van der Waals surface area contributed by atoms with Crippen LogP contribution in [0.4, 0.5) is 0 Å². The van der Waals surface area contributed by atoms with Crippen molar-refractivity contribution in [2.24, 2.45) is 0 Å². The number of carbonyl (C=O) groups excluding carboxylic acids is 1. The van der Waals surface area contributed by atoms with Gasteiger partial charge in [-0.1, -0.05) is 12.1 Å². The molecule has 3 aromatic rings. The Labute approximate surface area is 144 Å². The maximum absolute atomic E-state index is 11.5. The molecule has 0 amide bonds. The number of pyridine rings is 2. The van der Waals surface area contributed by atoms with Crippen LogP contribution in [0.1, 0.15) is 20.9 Å². The van der Waals surface area contributed by atoms with E-state index in [4.69, 9.17) is 5.11 Å². The lowest BCUT2D eigenvalue weighted by Crippen LogP contribution is -2.13. The van der Waals surface area contributed by atoms with Crippen molar-refractivity contribution in [3.63, 3.8) is 0 Å². The van der Waals surface area contributed by atoms with Gasteiger partial charge in [0.2, 0.25) is 0 Å². The first kappa shape index (κ1) is 16.4. The zero-order valence-electron chi connectivity index (χ0n) is 13.0. The minimum Gasteiger partial charge on any atom is -0.388 e. The van der Waals surface area contributed by atoms with Crippen LogP contribution in [0.25, 0.3) is 10.6 Å². The van der Waals surface area contributed by atoms with Crippen LogP contribution in [-0.2, 0) is 13.1 Å². The monoisotopic (exact) mass is 339 g/mol. The molecule has 5 nitrogen and oxygen atoms in total. The maximum Gasteiger partial charge on any atom is 0.198 e. The van der Waals surface area contributed by atoms with E-state index >= 15 is 0 Å². The van der Waals surface area contributed by atoms with Crippen molar-refractivity contribution in [3.05, 3.63) is 71.0 Å². The highest BCUT2D eigenvalue weighted by Crippen LogP contribution is 2.27. The third-order valence-corrected chi connectivity index (χ3v) is 4.59. The van der Waals surface area contributed by atoms with Crippen LogP contribution in [0, 0.1) is 0 Å². The van der Waals surface area contributed by atoms with Crippen LogP contribution in [0.2, 0.25) is 0 Å². The molecule has 2 N–H and O–H groups in total. The summed E-state index contributed by atoms with van der Waals surface area (Å²) in [5.74, 6) is -0.263. The van der Waals surface area contributed by atoms with E-state index in [0.717, 1.165) is 28.4 Å². The van der Waals surface area contributed by atoms with Crippen molar-refractivity contribution in [1.29, 1.82) is 0 Å². The molecule has 24 heavy (non-hydrogen) atoms. The molecule has 0 unspecified atom stereocenters. The van der Waals surface area contributed by atoms with E-state index in [-0.39, 0.29) is 5.78 Å². The molecule has 3 heterocycles. The predicted molar refractivity (Wildman–Crippen MR) is 93.7 cm³/mol. The second-order valence-electron chi connectivity index (χ2n) is 5.22. The number of nitrogens with zero attached hydrogens (tertiary/aromatic N) is 2. The first-order chi connectivity index (χ1) is 11.8. The molecule has 0 aliphatic carbocycles. The SMILES string of the molecule is O=C(CO)c1ccc(-c2cccc(CNCc3cccnc3)n2)s1. The van der Waals surface area contributed by atoms with Gasteiger partial charge in [-0.2, -0.15) is 0 Å². The topological polar surface area (TPSA) is 75.1 Å². The number of ketones is 1. The van der Waals surface area contributed by atoms with E-state index in [1.165, 1.54) is 11.3 Å². The molecular weight excluding hydrogens is 322 g/mol. The Kier molecular flexibility index (Phi) is 5.43. The number of carbonyl (C=O) groups is 1. The lowest BCUT2D eigenvalue weighted by atomic mass is 10.2. The van der Waals surface area contributed by atoms with Gasteiger partial charge in [-0.15, -0.1) is 11.3 Å². The highest BCUT2D eigenvalue weighted by molar-refractivity contribution is 7.17. The van der Waals surface area contributed by atoms with Crippen LogP contribution in [0.15, 0.2) is 54.9 Å². The van der Waals surface area contributed by atoms with Gasteiger partial charge < -0.3 is 10.4 Å². The fraction of sp³-hybridized carbons (Fsp3) is 0.167. The molecule has 3 rings (SSSR count). The van der Waals surface area contributed by atoms with E-state index in [1.807, 2.05) is 42.6 Å². The molecule has 0 fully saturated rings. The third kappa shape index (κ3) is 4.11. The second kappa shape index (κ2) is 7.92. The summed E-state index contributed by atoms with van der Waals surface area (Å²) in [5, 5.41) is 12.3. The first-order valence-corrected chi connectivity index (χ1v) is 8.38. The van der Waals surface area contributed by atoms with Crippen molar-refractivity contribution in [2.45, 2.75) is 13.1 Å². The first-order valence-electron chi connectivity index (χ1n) is 7.56. The smallest absolute Gasteiger partial charge is 0.198 e. The standard InChI is InChI=1S/C18H17N3O2S/c22-12-16(23)18-7-6-17(24-18)15-5-1-4-14(21-15)11-20-10-13-3-2-8-19-9-13/h1-9,20,22H,10-12H2. The minimum absolute atomic E-state index is 0.263. The zero-order valence-corrected chi connectivity index (χ0v) is 13.8. The molecule has 0 saturated heterocycles. The maximum atomic E-state index is 11.5. The number of aliphatic hydroxyl groups excluding tert-OH is 1. The van der Waals surface area contributed by atoms with E-state index < -0.39 is 6.61 Å². The summed E-state index contributed by atoms with van der Waals surface area (Å²) in [5.41, 5.74) is 2.89. The highest BCUT2D eigenvalue weighted by atomic mass is 32.1. The molecule has 0 saturated carbocycles. The van der Waals surface area contributed by atoms with Gasteiger partial charge in [-0.3, -0.25) is 14.8 Å². The molecule has 0 aliphatic heterocycles. The molecule has 0 spiro atoms. The summed E-state index contributed by atoms with van der Waals surface area (Å²) in [4.78, 5) is 21.7. The Morgan fingerprint density at radius 1 is 1.12 bits per heavy atom. The van der Waals surface area contributed by atoms with Gasteiger partial charge in [0, 0.05) is 25.5 Å². The van der Waals surface area contributed by atoms with Gasteiger partial charge in [0.15, 0.2) is 5.78 Å². The molecule has 0 aromatic carbocycles. The molecule has 0 radical (unpaired) electrons. The van der Waals surface area contributed by atoms with Gasteiger partial charge in [0.1, 0.15) is 6.61 Å². The van der Waals surface area contributed by atoms with E-state index in [1.54, 1.807) is 12.3 Å². The molecule has 3 aromatic heterocycles. The summed E-state index contributed by atoms with van der Waals surface area (Å²) < 4.78 is 0. The minimum atomic E-state index is -0.467. The lowest BCUT2D eigenvalue weighted by Gasteiger charge is -2.05. The number of Topliss-reactive ketones (excluding diaryl/α,β-unsaturated/α-hetero) is 1. The highest BCUT2D eigenvalue weighted by Gasteiger charge is 2.10. The Balaban J connectivity index is 1.65. The molecule has 0 aliphatic rings. The van der Waals surface area contributed by atoms with Gasteiger partial charge in [0.25, 0.3) is 0 Å². The van der Waals surface area contributed by atoms with Crippen LogP contribution >= 0.6 is 11.3 Å². The fourth-order valence-corrected chi connectivity index (χ4v) is 3.16. The molecule has 6 heteroatoms. The number of nitrogens with one attached hydrogen (secondary N) is 1. The second-order valence-corrected chi connectivity index (χ2v) is 6.31. The van der Waals surface area contributed by atoms with Gasteiger partial charge in [-0.25, -0.2) is 0 Å². The third-order valence-electron chi connectivity index (χ3n) is 3.44. The largest absolute Gasteiger partial charge is 0.388 e. The average Bonchev–Trinajstić information content (AvgIpc) is 3.12. The summed E-state index contributed by atoms with van der Waals surface area (Å²) in [7, 11) is 0. The summed E-state index contributed by atoms with van der Waals surface area (Å²) >= 11 is 1.35. The molecular formula is C18H17N3O2S. The quantitative estimate of drug-likeness (QED) is 0.647. The van der Waals surface area contributed by atoms with Crippen LogP contribution in [0.5, 0.6) is 0 Å². The summed E-state index contributed by atoms with van der Waals surface area (Å²) in [6, 6.07) is 13.4. The fourth-order valence-electron chi connectivity index (χ4n) is 2.26. The number of aromatic nitrogens is 2. The lowest BCUT2D eigenvalue weighted by molar-refractivity contribution is 0.0908. The average molecular weight is 339 g/mol. The molecule has 0 atom stereocenters. The Hall–Kier alpha value is -2.41. The van der Waals surface area contributed by atoms with Gasteiger partial charge in [-0.05, 0) is 35.9 Å². The molecule has 122 valence electrons. The zero-order chi connectivity index (χ0) is 16.8. The molecule has 0 bridgehead atoms. The van der Waals surface area contributed by atoms with Gasteiger partial charge >= 0.3 is 0 Å². The number of hydrogen-bond acceptors (Lipinski definition) is 6. The summed E-state index contributed by atoms with van der Waals surface area (Å²) in [6.07, 6.45) is 3.59. The van der Waals surface area contributed by atoms with Crippen LogP contribution < -0.4 is 5.32 Å². The van der Waals surface area contributed by atoms with E-state index in [2.05, 4.69) is 15.3 Å². The summed E-state index contributed by atoms with van der Waals surface area (Å²) in [6.45, 7) is 0.913. The number of rotatable bonds is 7. The normalized spacial score (nSPS) is 10.7. The van der Waals surface area contributed by atoms with E-state index in [0.29, 0.717) is 11.4 Å². The van der Waals surface area contributed by atoms with Crippen molar-refractivity contribution < 1.29 is 9.90 Å². The van der Waals surface area contributed by atoms with Crippen molar-refractivity contribution in [2.75, 3.05) is 6.61 Å². The van der Waals surface area contributed by atoms with Crippen molar-refractivity contribution >= 4 is 17.1 Å². The Bertz CT molecular complexity index is 818. The van der Waals surface area contributed by atoms with Crippen LogP contribution in [0.3, 0.4) is 0 Å². The number of hydrogen-bond donors (Lipinski definition) is 2. The van der Waals surface area contributed by atoms with Gasteiger partial charge in [0.05, 0.1) is 21.1 Å². The Morgan fingerprint density at radius 3 is 2.83 bits per heavy atom. The number of thiophene rings is 1. The van der Waals surface area contributed by atoms with E-state index in [9.17, 15) is 4.79 Å². The van der Waals surface area contributed by atoms with Crippen molar-refractivity contribution in [3.8, 4) is 10.6 Å². The van der Waals surface area contributed by atoms with Crippen LogP contribution in [-0.4, -0.2) is 27.5 Å². The van der Waals surface area contributed by atoms with Crippen molar-refractivity contribution in [1.82, 2.24) is 15.3 Å². The predicted octanol–water partition coefficient (Wildman–Crippen LogP) is 2.67. The Morgan fingerprint density at radius 2 is 2.04 bits per heavy atom.